The van der Waals surface area contributed by atoms with Gasteiger partial charge in [-0.25, -0.2) is 0 Å². The van der Waals surface area contributed by atoms with Crippen LogP contribution < -0.4 is 0 Å². The first-order valence-electron chi connectivity index (χ1n) is 27.3. The van der Waals surface area contributed by atoms with Gasteiger partial charge in [0, 0.05) is 107 Å². The first kappa shape index (κ1) is 81.2. The van der Waals surface area contributed by atoms with Gasteiger partial charge < -0.3 is 38.3 Å². The van der Waals surface area contributed by atoms with Gasteiger partial charge in [-0.15, -0.1) is 0 Å². The van der Waals surface area contributed by atoms with Crippen molar-refractivity contribution in [2.75, 3.05) is 26.4 Å². The van der Waals surface area contributed by atoms with E-state index in [0.717, 1.165) is 70.9 Å². The summed E-state index contributed by atoms with van der Waals surface area (Å²) in [6.45, 7) is 66.5. The van der Waals surface area contributed by atoms with Gasteiger partial charge in [-0.3, -0.25) is 0 Å². The van der Waals surface area contributed by atoms with E-state index in [1.54, 1.807) is 0 Å². The Balaban J connectivity index is -0.000000933. The Morgan fingerprint density at radius 1 is 0.289 bits per heavy atom. The molecule has 2 aliphatic carbocycles. The summed E-state index contributed by atoms with van der Waals surface area (Å²) in [4.78, 5) is 0. The molecule has 0 atom stereocenters. The summed E-state index contributed by atoms with van der Waals surface area (Å²) in [6, 6.07) is 31.4. The summed E-state index contributed by atoms with van der Waals surface area (Å²) < 4.78 is 28.9. The molecule has 4 aromatic carbocycles. The molecule has 6 rings (SSSR count). The minimum absolute atomic E-state index is 0. The second-order valence-corrected chi connectivity index (χ2v) is 65.3. The van der Waals surface area contributed by atoms with Crippen molar-refractivity contribution in [2.45, 2.75) is 196 Å². The van der Waals surface area contributed by atoms with Crippen molar-refractivity contribution in [3.8, 4) is 22.3 Å². The molecule has 0 aliphatic heterocycles. The van der Waals surface area contributed by atoms with Crippen molar-refractivity contribution in [1.29, 1.82) is 0 Å². The largest absolute Gasteiger partial charge is 0.668 e. The van der Waals surface area contributed by atoms with Crippen molar-refractivity contribution < 1.29 is 100 Å². The third kappa shape index (κ3) is 31.6. The molecule has 2 N–H and O–H groups in total. The number of nitrogens with zero attached hydrogens (tertiary/aromatic N) is 4. The summed E-state index contributed by atoms with van der Waals surface area (Å²) in [7, 11) is -8.85. The summed E-state index contributed by atoms with van der Waals surface area (Å²) in [5.41, 5.74) is 3.68. The first-order chi connectivity index (χ1) is 33.3. The van der Waals surface area contributed by atoms with Crippen molar-refractivity contribution >= 4 is 65.9 Å². The van der Waals surface area contributed by atoms with E-state index < -0.39 is 77.1 Å². The molecule has 0 unspecified atom stereocenters. The Morgan fingerprint density at radius 2 is 0.421 bits per heavy atom. The van der Waals surface area contributed by atoms with E-state index >= 15 is 0 Å². The van der Waals surface area contributed by atoms with E-state index in [9.17, 15) is 10.2 Å². The minimum atomic E-state index is -1.58. The van der Waals surface area contributed by atoms with Crippen molar-refractivity contribution in [1.82, 2.24) is 0 Å². The van der Waals surface area contributed by atoms with E-state index in [0.29, 0.717) is 0 Å². The SMILES string of the molecule is CCOCC.CCOCC.C[Si](C)(C)[N-][Si](C)(C)C.C[Si](C)(C)[N-][Si](C)(C)C.C[Si](C)(C)[N-][Si](C)(C)C.C[Si](C)(C)[N-][Si](C)(C)C.OC1(C2(O)c3ccccc3-c3ccccc32)c2ccccc2-c2ccccc21.[Sm].[Sm]. The standard InChI is InChI=1S/C26H18O2.4C6H18NSi2.2C4H10O.2Sm/c27-25(21-13-5-1-9-17(21)18-10-2-6-14-22(18)25)26(28)23-15-7-3-11-19(23)20-12-4-8-16-24(20)26;4*1-8(2,3)7-9(4,5)6;2*1-3-5-4-2;;/h1-16,27-28H;4*1-6H3;2*3-4H2,1-2H3;;/q;4*-1;;;;. The Morgan fingerprint density at radius 3 is 0.513 bits per heavy atom. The predicted molar refractivity (Wildman–Crippen MR) is 354 cm³/mol. The monoisotopic (exact) mass is 1450 g/mol. The van der Waals surface area contributed by atoms with Crippen LogP contribution in [0.3, 0.4) is 0 Å². The molecule has 0 spiro atoms. The van der Waals surface area contributed by atoms with Crippen LogP contribution in [0.5, 0.6) is 0 Å². The average Bonchev–Trinajstić information content (AvgIpc) is 3.62. The fourth-order valence-corrected chi connectivity index (χ4v) is 41.8. The zero-order valence-electron chi connectivity index (χ0n) is 53.4. The molecule has 2 aliphatic rings. The maximum absolute atomic E-state index is 12.4. The van der Waals surface area contributed by atoms with Crippen LogP contribution in [-0.4, -0.2) is 103 Å². The maximum atomic E-state index is 12.4. The third-order valence-corrected chi connectivity index (χ3v) is 31.3. The van der Waals surface area contributed by atoms with Crippen molar-refractivity contribution in [3.05, 3.63) is 138 Å². The molecule has 18 heteroatoms. The van der Waals surface area contributed by atoms with Crippen LogP contribution in [0.4, 0.5) is 0 Å². The van der Waals surface area contributed by atoms with Gasteiger partial charge in [-0.05, 0) is 72.2 Å². The maximum Gasteiger partial charge on any atom is 0.153 e. The normalized spacial score (nSPS) is 13.9. The number of hydrogen-bond acceptors (Lipinski definition) is 4. The molecule has 0 heterocycles. The van der Waals surface area contributed by atoms with Crippen LogP contribution in [0, 0.1) is 80.8 Å². The van der Waals surface area contributed by atoms with Crippen molar-refractivity contribution in [2.24, 2.45) is 0 Å². The van der Waals surface area contributed by atoms with Gasteiger partial charge in [-0.2, -0.15) is 0 Å². The van der Waals surface area contributed by atoms with E-state index in [1.165, 1.54) is 0 Å². The first-order valence-corrected chi connectivity index (χ1v) is 54.9. The molecule has 0 saturated carbocycles. The zero-order chi connectivity index (χ0) is 58.0. The third-order valence-electron chi connectivity index (χ3n) is 9.87. The summed E-state index contributed by atoms with van der Waals surface area (Å²) in [5.74, 6) is 0. The Labute approximate surface area is 542 Å². The minimum Gasteiger partial charge on any atom is -0.668 e. The fourth-order valence-electron chi connectivity index (χ4n) is 9.64. The molecule has 0 bridgehead atoms. The second kappa shape index (κ2) is 34.7. The summed E-state index contributed by atoms with van der Waals surface area (Å²) in [5, 5.41) is 24.8. The number of hydrogen-bond donors (Lipinski definition) is 2. The van der Waals surface area contributed by atoms with Gasteiger partial charge in [-0.1, -0.05) is 320 Å². The predicted octanol–water partition coefficient (Wildman–Crippen LogP) is 19.0. The quantitative estimate of drug-likeness (QED) is 0.130. The molecule has 76 heavy (non-hydrogen) atoms. The van der Waals surface area contributed by atoms with Crippen molar-refractivity contribution in [3.63, 3.8) is 0 Å². The molecule has 8 nitrogen and oxygen atoms in total. The van der Waals surface area contributed by atoms with Gasteiger partial charge >= 0.3 is 0 Å². The molecule has 0 saturated heterocycles. The molecular formula is C58H110N4O4Si8Sm2-4. The van der Waals surface area contributed by atoms with E-state index in [1.807, 2.05) is 125 Å². The topological polar surface area (TPSA) is 115 Å². The van der Waals surface area contributed by atoms with E-state index in [-0.39, 0.29) is 80.8 Å². The van der Waals surface area contributed by atoms with Crippen LogP contribution in [0.15, 0.2) is 97.1 Å². The second-order valence-electron chi connectivity index (χ2n) is 27.0. The Hall–Kier alpha value is 0.970. The molecule has 0 fully saturated rings. The van der Waals surface area contributed by atoms with E-state index in [4.69, 9.17) is 28.1 Å². The summed E-state index contributed by atoms with van der Waals surface area (Å²) in [6.07, 6.45) is 0. The summed E-state index contributed by atoms with van der Waals surface area (Å²) >= 11 is 0. The number of fused-ring (bicyclic) bond motifs is 6. The van der Waals surface area contributed by atoms with Gasteiger partial charge in [0.2, 0.25) is 0 Å². The van der Waals surface area contributed by atoms with Crippen LogP contribution in [0.1, 0.15) is 49.9 Å². The average molecular weight is 1450 g/mol. The Bertz CT molecular complexity index is 1890. The molecule has 434 valence electrons. The van der Waals surface area contributed by atoms with Crippen LogP contribution in [0.2, 0.25) is 157 Å². The van der Waals surface area contributed by atoms with Crippen LogP contribution in [-0.2, 0) is 20.7 Å². The van der Waals surface area contributed by atoms with Gasteiger partial charge in [0.25, 0.3) is 0 Å². The smallest absolute Gasteiger partial charge is 0.153 e. The molecular weight excluding hydrogens is 1340 g/mol. The number of rotatable bonds is 13. The molecule has 0 aromatic heterocycles. The number of ether oxygens (including phenoxy) is 2. The van der Waals surface area contributed by atoms with E-state index in [2.05, 4.69) is 157 Å². The number of aliphatic hydroxyl groups is 2. The zero-order valence-corrected chi connectivity index (χ0v) is 66.6. The van der Waals surface area contributed by atoms with Crippen LogP contribution in [0.25, 0.3) is 40.8 Å². The fraction of sp³-hybridized carbons (Fsp3) is 0.586. The Kier molecular flexibility index (Phi) is 37.0. The van der Waals surface area contributed by atoms with Gasteiger partial charge in [0.1, 0.15) is 0 Å². The van der Waals surface area contributed by atoms with Gasteiger partial charge in [0.05, 0.1) is 0 Å². The van der Waals surface area contributed by atoms with Gasteiger partial charge in [0.15, 0.2) is 11.2 Å². The van der Waals surface area contributed by atoms with Crippen LogP contribution >= 0.6 is 0 Å². The number of benzene rings is 4. The molecule has 0 amide bonds. The molecule has 0 radical (unpaired) electrons. The molecule has 4 aromatic rings.